The lowest BCUT2D eigenvalue weighted by molar-refractivity contribution is -0.120. The third kappa shape index (κ3) is 3.34. The Kier molecular flexibility index (Phi) is 4.96. The van der Waals surface area contributed by atoms with Crippen LogP contribution in [0.4, 0.5) is 0 Å². The van der Waals surface area contributed by atoms with E-state index >= 15 is 0 Å². The highest BCUT2D eigenvalue weighted by Crippen LogP contribution is 2.45. The molecule has 2 aromatic carbocycles. The van der Waals surface area contributed by atoms with E-state index in [1.807, 2.05) is 36.4 Å². The van der Waals surface area contributed by atoms with E-state index in [1.54, 1.807) is 30.2 Å². The van der Waals surface area contributed by atoms with Crippen molar-refractivity contribution in [3.8, 4) is 5.75 Å². The van der Waals surface area contributed by atoms with Crippen LogP contribution < -0.4 is 15.6 Å². The topological polar surface area (TPSA) is 91.5 Å². The number of pyridine rings is 1. The molecule has 2 N–H and O–H groups in total. The maximum Gasteiger partial charge on any atom is 0.270 e. The van der Waals surface area contributed by atoms with Crippen molar-refractivity contribution in [1.29, 1.82) is 0 Å². The Hall–Kier alpha value is -3.61. The standard InChI is InChI=1S/C25H25N3O4/c1-32-18-9-7-16(8-10-18)22-25(13-11-21(29)27-25)12-4-14-28(22)24(31)20-15-17-5-2-3-6-19(17)23(30)26-20/h2-3,5-10,15,22H,4,11-14H2,1H3,(H,26,30)(H,27,29)/t22-,25+/m1/s1. The number of aromatic amines is 1. The third-order valence-electron chi connectivity index (χ3n) is 6.72. The van der Waals surface area contributed by atoms with Crippen LogP contribution in [0.25, 0.3) is 10.8 Å². The van der Waals surface area contributed by atoms with E-state index < -0.39 is 5.54 Å². The van der Waals surface area contributed by atoms with Crippen LogP contribution >= 0.6 is 0 Å². The molecule has 2 aliphatic rings. The predicted molar refractivity (Wildman–Crippen MR) is 121 cm³/mol. The Balaban J connectivity index is 1.59. The van der Waals surface area contributed by atoms with E-state index in [-0.39, 0.29) is 29.1 Å². The molecular formula is C25H25N3O4. The second-order valence-electron chi connectivity index (χ2n) is 8.58. The number of likely N-dealkylation sites (tertiary alicyclic amines) is 1. The van der Waals surface area contributed by atoms with Crippen molar-refractivity contribution in [3.63, 3.8) is 0 Å². The van der Waals surface area contributed by atoms with Crippen molar-refractivity contribution in [2.45, 2.75) is 37.3 Å². The number of nitrogens with one attached hydrogen (secondary N) is 2. The number of fused-ring (bicyclic) bond motifs is 1. The summed E-state index contributed by atoms with van der Waals surface area (Å²) in [5.41, 5.74) is 0.391. The summed E-state index contributed by atoms with van der Waals surface area (Å²) in [5.74, 6) is 0.497. The number of amides is 2. The molecular weight excluding hydrogens is 406 g/mol. The minimum atomic E-state index is -0.517. The van der Waals surface area contributed by atoms with Gasteiger partial charge in [-0.05, 0) is 54.5 Å². The van der Waals surface area contributed by atoms with Gasteiger partial charge in [-0.3, -0.25) is 14.4 Å². The zero-order valence-electron chi connectivity index (χ0n) is 17.9. The van der Waals surface area contributed by atoms with Gasteiger partial charge < -0.3 is 19.9 Å². The van der Waals surface area contributed by atoms with Crippen molar-refractivity contribution < 1.29 is 14.3 Å². The molecule has 2 saturated heterocycles. The highest BCUT2D eigenvalue weighted by molar-refractivity contribution is 5.97. The van der Waals surface area contributed by atoms with E-state index in [2.05, 4.69) is 10.3 Å². The summed E-state index contributed by atoms with van der Waals surface area (Å²) in [4.78, 5) is 43.2. The molecule has 2 amide bonds. The second-order valence-corrected chi connectivity index (χ2v) is 8.58. The van der Waals surface area contributed by atoms with E-state index in [0.717, 1.165) is 29.5 Å². The van der Waals surface area contributed by atoms with Crippen molar-refractivity contribution in [3.05, 3.63) is 76.2 Å². The number of piperidine rings is 1. The highest BCUT2D eigenvalue weighted by Gasteiger charge is 2.50. The van der Waals surface area contributed by atoms with E-state index in [0.29, 0.717) is 24.8 Å². The molecule has 5 rings (SSSR count). The minimum Gasteiger partial charge on any atom is -0.497 e. The first-order chi connectivity index (χ1) is 15.5. The van der Waals surface area contributed by atoms with Gasteiger partial charge in [0.05, 0.1) is 18.7 Å². The molecule has 2 fully saturated rings. The maximum atomic E-state index is 13.7. The lowest BCUT2D eigenvalue weighted by Gasteiger charge is -2.48. The number of nitrogens with zero attached hydrogens (tertiary/aromatic N) is 1. The molecule has 0 unspecified atom stereocenters. The Morgan fingerprint density at radius 1 is 1.09 bits per heavy atom. The van der Waals surface area contributed by atoms with Gasteiger partial charge in [-0.15, -0.1) is 0 Å². The molecule has 1 aromatic heterocycles. The maximum absolute atomic E-state index is 13.7. The van der Waals surface area contributed by atoms with Crippen LogP contribution in [0.2, 0.25) is 0 Å². The molecule has 0 bridgehead atoms. The van der Waals surface area contributed by atoms with Crippen molar-refractivity contribution in [2.75, 3.05) is 13.7 Å². The molecule has 164 valence electrons. The molecule has 32 heavy (non-hydrogen) atoms. The average Bonchev–Trinajstić information content (AvgIpc) is 3.18. The lowest BCUT2D eigenvalue weighted by Crippen LogP contribution is -2.58. The molecule has 2 aliphatic heterocycles. The van der Waals surface area contributed by atoms with Gasteiger partial charge in [-0.25, -0.2) is 0 Å². The van der Waals surface area contributed by atoms with Gasteiger partial charge in [-0.1, -0.05) is 30.3 Å². The normalized spacial score (nSPS) is 22.8. The van der Waals surface area contributed by atoms with Gasteiger partial charge in [0, 0.05) is 18.4 Å². The lowest BCUT2D eigenvalue weighted by atomic mass is 9.76. The number of hydrogen-bond donors (Lipinski definition) is 2. The smallest absolute Gasteiger partial charge is 0.270 e. The zero-order valence-corrected chi connectivity index (χ0v) is 17.9. The first-order valence-corrected chi connectivity index (χ1v) is 10.9. The average molecular weight is 431 g/mol. The SMILES string of the molecule is COc1ccc([C@H]2N(C(=O)c3cc4ccccc4c(=O)[nH]3)CCC[C@]23CCC(=O)N3)cc1. The first-order valence-electron chi connectivity index (χ1n) is 10.9. The van der Waals surface area contributed by atoms with Crippen molar-refractivity contribution in [1.82, 2.24) is 15.2 Å². The van der Waals surface area contributed by atoms with Crippen LogP contribution in [-0.2, 0) is 4.79 Å². The molecule has 3 heterocycles. The number of methoxy groups -OCH3 is 1. The number of carbonyl (C=O) groups excluding carboxylic acids is 2. The van der Waals surface area contributed by atoms with Gasteiger partial charge in [-0.2, -0.15) is 0 Å². The summed E-state index contributed by atoms with van der Waals surface area (Å²) in [6.45, 7) is 0.544. The quantitative estimate of drug-likeness (QED) is 0.666. The number of ether oxygens (including phenoxy) is 1. The van der Waals surface area contributed by atoms with Gasteiger partial charge in [0.25, 0.3) is 11.5 Å². The Bertz CT molecular complexity index is 1250. The fraction of sp³-hybridized carbons (Fsp3) is 0.320. The van der Waals surface area contributed by atoms with Gasteiger partial charge in [0.1, 0.15) is 11.4 Å². The Labute approximate surface area is 185 Å². The van der Waals surface area contributed by atoms with E-state index in [9.17, 15) is 14.4 Å². The summed E-state index contributed by atoms with van der Waals surface area (Å²) >= 11 is 0. The third-order valence-corrected chi connectivity index (χ3v) is 6.72. The van der Waals surface area contributed by atoms with Gasteiger partial charge in [0.2, 0.25) is 5.91 Å². The molecule has 3 aromatic rings. The summed E-state index contributed by atoms with van der Waals surface area (Å²) in [5, 5.41) is 4.46. The van der Waals surface area contributed by atoms with Gasteiger partial charge >= 0.3 is 0 Å². The fourth-order valence-corrected chi connectivity index (χ4v) is 5.25. The molecule has 0 aliphatic carbocycles. The van der Waals surface area contributed by atoms with E-state index in [1.165, 1.54) is 0 Å². The first kappa shape index (κ1) is 20.3. The second kappa shape index (κ2) is 7.82. The number of rotatable bonds is 3. The number of hydrogen-bond acceptors (Lipinski definition) is 4. The fourth-order valence-electron chi connectivity index (χ4n) is 5.25. The van der Waals surface area contributed by atoms with Crippen LogP contribution in [0, 0.1) is 0 Å². The number of benzene rings is 2. The van der Waals surface area contributed by atoms with E-state index in [4.69, 9.17) is 4.74 Å². The predicted octanol–water partition coefficient (Wildman–Crippen LogP) is 3.16. The van der Waals surface area contributed by atoms with Crippen LogP contribution in [0.5, 0.6) is 5.75 Å². The number of aromatic nitrogens is 1. The molecule has 1 spiro atoms. The van der Waals surface area contributed by atoms with Crippen LogP contribution in [0.1, 0.15) is 47.8 Å². The van der Waals surface area contributed by atoms with Crippen molar-refractivity contribution >= 4 is 22.6 Å². The Morgan fingerprint density at radius 3 is 2.59 bits per heavy atom. The van der Waals surface area contributed by atoms with Crippen LogP contribution in [0.15, 0.2) is 59.4 Å². The van der Waals surface area contributed by atoms with Crippen molar-refractivity contribution in [2.24, 2.45) is 0 Å². The van der Waals surface area contributed by atoms with Crippen LogP contribution in [0.3, 0.4) is 0 Å². The summed E-state index contributed by atoms with van der Waals surface area (Å²) in [6.07, 6.45) is 2.69. The summed E-state index contributed by atoms with van der Waals surface area (Å²) in [7, 11) is 1.61. The molecule has 7 nitrogen and oxygen atoms in total. The monoisotopic (exact) mass is 431 g/mol. The number of carbonyl (C=O) groups is 2. The molecule has 7 heteroatoms. The molecule has 0 radical (unpaired) electrons. The summed E-state index contributed by atoms with van der Waals surface area (Å²) in [6, 6.07) is 16.3. The minimum absolute atomic E-state index is 0.0110. The highest BCUT2D eigenvalue weighted by atomic mass is 16.5. The molecule has 0 saturated carbocycles. The zero-order chi connectivity index (χ0) is 22.3. The largest absolute Gasteiger partial charge is 0.497 e. The number of H-pyrrole nitrogens is 1. The van der Waals surface area contributed by atoms with Gasteiger partial charge in [0.15, 0.2) is 0 Å². The Morgan fingerprint density at radius 2 is 1.88 bits per heavy atom. The van der Waals surface area contributed by atoms with Crippen LogP contribution in [-0.4, -0.2) is 40.9 Å². The summed E-state index contributed by atoms with van der Waals surface area (Å²) < 4.78 is 5.30. The molecule has 2 atom stereocenters.